The predicted octanol–water partition coefficient (Wildman–Crippen LogP) is 3.31. The smallest absolute Gasteiger partial charge is 0.259 e. The first kappa shape index (κ1) is 19.3. The van der Waals surface area contributed by atoms with Crippen molar-refractivity contribution in [2.75, 3.05) is 24.6 Å². The molecule has 6 heteroatoms. The highest BCUT2D eigenvalue weighted by atomic mass is 16.5. The first-order valence-electron chi connectivity index (χ1n) is 10.2. The number of para-hydroxylation sites is 1. The van der Waals surface area contributed by atoms with Gasteiger partial charge in [0, 0.05) is 29.8 Å². The van der Waals surface area contributed by atoms with Crippen LogP contribution in [0.3, 0.4) is 0 Å². The van der Waals surface area contributed by atoms with Gasteiger partial charge in [-0.15, -0.1) is 0 Å². The minimum atomic E-state index is -0.137. The van der Waals surface area contributed by atoms with Crippen molar-refractivity contribution in [2.24, 2.45) is 5.10 Å². The number of hydrogen-bond donors (Lipinski definition) is 1. The molecular weight excluding hydrogens is 366 g/mol. The van der Waals surface area contributed by atoms with E-state index in [1.807, 2.05) is 38.1 Å². The maximum absolute atomic E-state index is 12.4. The summed E-state index contributed by atoms with van der Waals surface area (Å²) < 4.78 is 11.6. The molecule has 0 saturated carbocycles. The van der Waals surface area contributed by atoms with Crippen LogP contribution in [0.2, 0.25) is 0 Å². The molecule has 2 aromatic carbocycles. The highest BCUT2D eigenvalue weighted by molar-refractivity contribution is 5.87. The summed E-state index contributed by atoms with van der Waals surface area (Å²) in [6, 6.07) is 12.2. The molecule has 0 unspecified atom stereocenters. The number of rotatable bonds is 6. The fraction of sp³-hybridized carbons (Fsp3) is 0.391. The highest BCUT2D eigenvalue weighted by Crippen LogP contribution is 2.34. The van der Waals surface area contributed by atoms with E-state index in [0.29, 0.717) is 6.61 Å². The van der Waals surface area contributed by atoms with Crippen LogP contribution in [0.4, 0.5) is 5.69 Å². The van der Waals surface area contributed by atoms with Crippen molar-refractivity contribution in [2.45, 2.75) is 39.2 Å². The molecule has 4 rings (SSSR count). The Morgan fingerprint density at radius 1 is 1.34 bits per heavy atom. The van der Waals surface area contributed by atoms with Crippen LogP contribution in [0.1, 0.15) is 37.0 Å². The number of aryl methyl sites for hydroxylation is 1. The number of anilines is 1. The van der Waals surface area contributed by atoms with Crippen LogP contribution in [0.25, 0.3) is 0 Å². The van der Waals surface area contributed by atoms with Crippen LogP contribution in [-0.4, -0.2) is 37.9 Å². The van der Waals surface area contributed by atoms with Crippen molar-refractivity contribution in [1.82, 2.24) is 5.43 Å². The maximum Gasteiger partial charge on any atom is 0.259 e. The topological polar surface area (TPSA) is 63.2 Å². The van der Waals surface area contributed by atoms with Crippen LogP contribution < -0.4 is 19.8 Å². The zero-order valence-corrected chi connectivity index (χ0v) is 17.0. The molecule has 152 valence electrons. The molecule has 1 N–H and O–H groups in total. The summed E-state index contributed by atoms with van der Waals surface area (Å²) in [6.45, 7) is 5.73. The normalized spacial score (nSPS) is 17.6. The van der Waals surface area contributed by atoms with Gasteiger partial charge in [0.2, 0.25) is 0 Å². The van der Waals surface area contributed by atoms with Gasteiger partial charge in [0.05, 0.1) is 19.4 Å². The van der Waals surface area contributed by atoms with Gasteiger partial charge < -0.3 is 14.4 Å². The van der Waals surface area contributed by atoms with Crippen LogP contribution >= 0.6 is 0 Å². The number of carbonyl (C=O) groups excluding carboxylic acids is 1. The van der Waals surface area contributed by atoms with E-state index in [1.165, 1.54) is 5.56 Å². The molecular formula is C23H27N3O3. The van der Waals surface area contributed by atoms with E-state index in [4.69, 9.17) is 9.47 Å². The summed E-state index contributed by atoms with van der Waals surface area (Å²) in [4.78, 5) is 14.5. The summed E-state index contributed by atoms with van der Waals surface area (Å²) in [7, 11) is 0. The van der Waals surface area contributed by atoms with Crippen molar-refractivity contribution in [3.63, 3.8) is 0 Å². The first-order valence-corrected chi connectivity index (χ1v) is 10.2. The van der Waals surface area contributed by atoms with Gasteiger partial charge in [0.25, 0.3) is 5.91 Å². The Bertz CT molecular complexity index is 926. The molecule has 2 heterocycles. The van der Waals surface area contributed by atoms with E-state index in [1.54, 1.807) is 6.21 Å². The Labute approximate surface area is 171 Å². The number of nitrogens with zero attached hydrogens (tertiary/aromatic N) is 2. The van der Waals surface area contributed by atoms with E-state index in [0.717, 1.165) is 54.1 Å². The molecule has 0 bridgehead atoms. The fourth-order valence-corrected chi connectivity index (χ4v) is 3.99. The van der Waals surface area contributed by atoms with Crippen molar-refractivity contribution >= 4 is 17.8 Å². The number of fused-ring (bicyclic) bond motifs is 2. The van der Waals surface area contributed by atoms with E-state index in [9.17, 15) is 4.79 Å². The van der Waals surface area contributed by atoms with Crippen molar-refractivity contribution < 1.29 is 14.3 Å². The largest absolute Gasteiger partial charge is 0.493 e. The lowest BCUT2D eigenvalue weighted by atomic mass is 10.0. The summed E-state index contributed by atoms with van der Waals surface area (Å²) in [5.41, 5.74) is 7.02. The number of ether oxygens (including phenoxy) is 2. The zero-order valence-electron chi connectivity index (χ0n) is 17.0. The van der Waals surface area contributed by atoms with Gasteiger partial charge >= 0.3 is 0 Å². The summed E-state index contributed by atoms with van der Waals surface area (Å²) in [5, 5.41) is 4.16. The third-order valence-electron chi connectivity index (χ3n) is 5.26. The molecule has 2 aromatic rings. The molecule has 1 amide bonds. The Kier molecular flexibility index (Phi) is 5.69. The number of carbonyl (C=O) groups is 1. The maximum atomic E-state index is 12.4. The standard InChI is InChI=1S/C23H27N3O3/c1-3-28-21-12-18-11-16(2)29-22(18)13-19(21)14-24-25-23(27)15-26-10-6-8-17-7-4-5-9-20(17)26/h4-5,7,9,12-14,16H,3,6,8,10-11,15H2,1-2H3,(H,25,27)/b24-14-/t16-/m0/s1. The van der Waals surface area contributed by atoms with Crippen LogP contribution in [0, 0.1) is 0 Å². The SMILES string of the molecule is CCOc1cc2c(cc1/C=N\NC(=O)CN1CCCc3ccccc31)O[C@@H](C)C2. The number of nitrogens with one attached hydrogen (secondary N) is 1. The van der Waals surface area contributed by atoms with Gasteiger partial charge in [-0.2, -0.15) is 5.10 Å². The van der Waals surface area contributed by atoms with Gasteiger partial charge in [0.1, 0.15) is 17.6 Å². The molecule has 0 aromatic heterocycles. The summed E-state index contributed by atoms with van der Waals surface area (Å²) in [5.74, 6) is 1.48. The molecule has 2 aliphatic heterocycles. The van der Waals surface area contributed by atoms with E-state index < -0.39 is 0 Å². The predicted molar refractivity (Wildman–Crippen MR) is 114 cm³/mol. The van der Waals surface area contributed by atoms with Crippen LogP contribution in [-0.2, 0) is 17.6 Å². The van der Waals surface area contributed by atoms with Crippen LogP contribution in [0.15, 0.2) is 41.5 Å². The van der Waals surface area contributed by atoms with Crippen molar-refractivity contribution in [3.05, 3.63) is 53.1 Å². The van der Waals surface area contributed by atoms with E-state index in [2.05, 4.69) is 27.6 Å². The Morgan fingerprint density at radius 2 is 2.21 bits per heavy atom. The van der Waals surface area contributed by atoms with E-state index >= 15 is 0 Å². The van der Waals surface area contributed by atoms with Crippen LogP contribution in [0.5, 0.6) is 11.5 Å². The lowest BCUT2D eigenvalue weighted by Crippen LogP contribution is -2.38. The molecule has 0 fully saturated rings. The molecule has 0 saturated heterocycles. The Hall–Kier alpha value is -3.02. The first-order chi connectivity index (χ1) is 14.1. The molecule has 1 atom stereocenters. The summed E-state index contributed by atoms with van der Waals surface area (Å²) >= 11 is 0. The molecule has 0 aliphatic carbocycles. The Morgan fingerprint density at radius 3 is 3.07 bits per heavy atom. The van der Waals surface area contributed by atoms with Gasteiger partial charge in [-0.3, -0.25) is 4.79 Å². The summed E-state index contributed by atoms with van der Waals surface area (Å²) in [6.07, 6.45) is 4.78. The lowest BCUT2D eigenvalue weighted by Gasteiger charge is -2.30. The number of benzene rings is 2. The van der Waals surface area contributed by atoms with Gasteiger partial charge in [-0.1, -0.05) is 18.2 Å². The third kappa shape index (κ3) is 4.36. The molecule has 0 radical (unpaired) electrons. The van der Waals surface area contributed by atoms with Crippen molar-refractivity contribution in [3.8, 4) is 11.5 Å². The van der Waals surface area contributed by atoms with Gasteiger partial charge in [-0.25, -0.2) is 5.43 Å². The average molecular weight is 393 g/mol. The molecule has 0 spiro atoms. The zero-order chi connectivity index (χ0) is 20.2. The third-order valence-corrected chi connectivity index (χ3v) is 5.26. The highest BCUT2D eigenvalue weighted by Gasteiger charge is 2.22. The van der Waals surface area contributed by atoms with Gasteiger partial charge in [0.15, 0.2) is 0 Å². The van der Waals surface area contributed by atoms with Crippen molar-refractivity contribution in [1.29, 1.82) is 0 Å². The second-order valence-electron chi connectivity index (χ2n) is 7.51. The second kappa shape index (κ2) is 8.55. The number of amides is 1. The monoisotopic (exact) mass is 393 g/mol. The molecule has 2 aliphatic rings. The number of hydrazone groups is 1. The second-order valence-corrected chi connectivity index (χ2v) is 7.51. The average Bonchev–Trinajstić information content (AvgIpc) is 3.07. The molecule has 6 nitrogen and oxygen atoms in total. The van der Waals surface area contributed by atoms with Gasteiger partial charge in [-0.05, 0) is 50.5 Å². The lowest BCUT2D eigenvalue weighted by molar-refractivity contribution is -0.119. The number of hydrogen-bond acceptors (Lipinski definition) is 5. The fourth-order valence-electron chi connectivity index (χ4n) is 3.99. The minimum Gasteiger partial charge on any atom is -0.493 e. The van der Waals surface area contributed by atoms with E-state index in [-0.39, 0.29) is 18.6 Å². The minimum absolute atomic E-state index is 0.137. The quantitative estimate of drug-likeness (QED) is 0.604. The molecule has 29 heavy (non-hydrogen) atoms. The Balaban J connectivity index is 1.42.